The maximum Gasteiger partial charge on any atom is 0.356 e. The van der Waals surface area contributed by atoms with E-state index in [0.29, 0.717) is 84.3 Å². The molecule has 23 nitrogen and oxygen atoms in total. The fourth-order valence-corrected chi connectivity index (χ4v) is 13.9. The average Bonchev–Trinajstić information content (AvgIpc) is 4.41. The number of carboxylic acid groups (broad SMARTS) is 1. The maximum absolute atomic E-state index is 14.3. The first kappa shape index (κ1) is 56.3. The Bertz CT molecular complexity index is 3830. The molecule has 414 valence electrons. The van der Waals surface area contributed by atoms with Gasteiger partial charge in [-0.2, -0.15) is 0 Å². The molecule has 4 atom stereocenters. The van der Waals surface area contributed by atoms with E-state index < -0.39 is 66.3 Å². The number of carbonyl (C=O) groups is 6. The molecular weight excluding hydrogens is 1160 g/mol. The van der Waals surface area contributed by atoms with Crippen LogP contribution in [0.1, 0.15) is 117 Å². The smallest absolute Gasteiger partial charge is 0.356 e. The first-order chi connectivity index (χ1) is 39.0. The Hall–Kier alpha value is -8.03. The van der Waals surface area contributed by atoms with Crippen LogP contribution in [0, 0.1) is 12.8 Å². The van der Waals surface area contributed by atoms with Gasteiger partial charge in [0.15, 0.2) is 5.69 Å². The third-order valence-electron chi connectivity index (χ3n) is 12.4. The van der Waals surface area contributed by atoms with Crippen molar-refractivity contribution in [1.82, 2.24) is 71.4 Å². The highest BCUT2D eigenvalue weighted by atomic mass is 32.1. The van der Waals surface area contributed by atoms with Crippen LogP contribution < -0.4 is 26.6 Å². The number of hydrogen-bond donors (Lipinski definition) is 7. The number of nitrogens with zero attached hydrogens (tertiary/aromatic N) is 9. The minimum absolute atomic E-state index is 0.00219. The van der Waals surface area contributed by atoms with Crippen LogP contribution in [0.3, 0.4) is 0 Å². The zero-order chi connectivity index (χ0) is 57.1. The van der Waals surface area contributed by atoms with Crippen molar-refractivity contribution in [3.05, 3.63) is 130 Å². The van der Waals surface area contributed by atoms with E-state index in [0.717, 1.165) is 17.5 Å². The Morgan fingerprint density at radius 2 is 1.44 bits per heavy atom. The first-order valence-corrected chi connectivity index (χ1v) is 29.6. The number of fused-ring (bicyclic) bond motifs is 14. The standard InChI is InChI=1S/C52H46N14O9S6/c1-22(2)37-51-66-40(34(81-51)18-75-5)44(71)56-17-36(68)63-41(42(69)24-9-7-6-8-10-24)50-62-32(21-78-50)47-57-16-33(80-47)39-25(11-12-26(58-39)48-60-30(19-77-48)28-14-55-29(15-54-28)52(73)74)46-61-31(20-76-46)43(70)59-27(13-35(67)53-4)49-65-38(23(3)79-49)45(72)64-37/h6-12,14-16,19-22,27,37,41-42,69H,13,17-18H2,1-5H3,(H,53,67)(H,56,71)(H,59,70)(H,63,68)(H,64,72)(H,73,74)/t27-,37-,41-,42-/m0/s1. The van der Waals surface area contributed by atoms with Gasteiger partial charge < -0.3 is 41.5 Å². The molecule has 29 heteroatoms. The van der Waals surface area contributed by atoms with E-state index in [1.165, 1.54) is 77.0 Å². The van der Waals surface area contributed by atoms with E-state index in [-0.39, 0.29) is 41.7 Å². The zero-order valence-electron chi connectivity index (χ0n) is 43.2. The van der Waals surface area contributed by atoms with Crippen molar-refractivity contribution in [1.29, 1.82) is 0 Å². The molecule has 9 heterocycles. The number of aliphatic hydroxyl groups is 1. The van der Waals surface area contributed by atoms with E-state index >= 15 is 0 Å². The Morgan fingerprint density at radius 1 is 0.691 bits per heavy atom. The van der Waals surface area contributed by atoms with E-state index in [4.69, 9.17) is 29.7 Å². The number of carbonyl (C=O) groups excluding carboxylic acids is 5. The number of thiazole rings is 6. The van der Waals surface area contributed by atoms with E-state index in [9.17, 15) is 39.0 Å². The molecule has 1 aliphatic heterocycles. The fraction of sp³-hybridized carbons (Fsp3) is 0.250. The summed E-state index contributed by atoms with van der Waals surface area (Å²) in [6, 6.07) is 9.54. The molecule has 1 aromatic carbocycles. The highest BCUT2D eigenvalue weighted by Gasteiger charge is 2.33. The number of hydrogen-bond acceptors (Lipinski definition) is 23. The summed E-state index contributed by atoms with van der Waals surface area (Å²) in [5, 5.41) is 42.8. The van der Waals surface area contributed by atoms with Crippen molar-refractivity contribution >= 4 is 104 Å². The predicted molar refractivity (Wildman–Crippen MR) is 305 cm³/mol. The van der Waals surface area contributed by atoms with Gasteiger partial charge in [0, 0.05) is 46.9 Å². The number of aromatic carboxylic acids is 1. The summed E-state index contributed by atoms with van der Waals surface area (Å²) in [6.07, 6.45) is 2.62. The quantitative estimate of drug-likeness (QED) is 0.0698. The van der Waals surface area contributed by atoms with Gasteiger partial charge >= 0.3 is 5.97 Å². The van der Waals surface area contributed by atoms with Gasteiger partial charge in [-0.3, -0.25) is 29.0 Å². The van der Waals surface area contributed by atoms with Gasteiger partial charge in [-0.05, 0) is 30.5 Å². The zero-order valence-corrected chi connectivity index (χ0v) is 48.1. The average molecular weight is 1200 g/mol. The SMILES string of the molecule is CNC(=O)C[C@@H]1NC(=O)c2csc(n2)-c2ccc(-c3nc(-c4cnc(C(=O)O)cn4)cs3)nc2-c2cnc(s2)-c2csc(n2)[C@H]([C@@H](O)c2ccccc2)NC(=O)CNC(=O)c2nc(sc2COC)[C@H](C(C)C)NC(=O)c2nc1sc2C. The van der Waals surface area contributed by atoms with Crippen molar-refractivity contribution < 1.29 is 43.7 Å². The van der Waals surface area contributed by atoms with Gasteiger partial charge in [-0.25, -0.2) is 44.7 Å². The number of methoxy groups -OCH3 is 1. The number of aryl methyl sites for hydroxylation is 1. The second-order valence-corrected chi connectivity index (χ2v) is 24.2. The van der Waals surface area contributed by atoms with Crippen molar-refractivity contribution in [3.63, 3.8) is 0 Å². The van der Waals surface area contributed by atoms with E-state index in [1.54, 1.807) is 71.7 Å². The minimum atomic E-state index is -1.28. The highest BCUT2D eigenvalue weighted by Crippen LogP contribution is 2.42. The van der Waals surface area contributed by atoms with Crippen LogP contribution in [0.25, 0.3) is 53.9 Å². The number of carboxylic acids is 1. The summed E-state index contributed by atoms with van der Waals surface area (Å²) in [7, 11) is 2.94. The van der Waals surface area contributed by atoms with Gasteiger partial charge in [0.05, 0.1) is 65.2 Å². The molecule has 0 aliphatic carbocycles. The second-order valence-electron chi connectivity index (χ2n) is 18.3. The minimum Gasteiger partial charge on any atom is -0.476 e. The Kier molecular flexibility index (Phi) is 16.9. The van der Waals surface area contributed by atoms with Crippen molar-refractivity contribution in [2.75, 3.05) is 20.7 Å². The number of aliphatic hydroxyl groups excluding tert-OH is 1. The Morgan fingerprint density at radius 3 is 2.19 bits per heavy atom. The normalized spacial score (nSPS) is 16.5. The molecule has 7 N–H and O–H groups in total. The number of ether oxygens (including phenoxy) is 1. The Balaban J connectivity index is 1.06. The summed E-state index contributed by atoms with van der Waals surface area (Å²) < 4.78 is 5.44. The van der Waals surface area contributed by atoms with E-state index in [2.05, 4.69) is 46.5 Å². The predicted octanol–water partition coefficient (Wildman–Crippen LogP) is 7.47. The fourth-order valence-electron chi connectivity index (χ4n) is 8.27. The number of aromatic nitrogens is 9. The highest BCUT2D eigenvalue weighted by molar-refractivity contribution is 7.19. The summed E-state index contributed by atoms with van der Waals surface area (Å²) in [5.74, 6) is -4.34. The third kappa shape index (κ3) is 12.3. The molecule has 0 spiro atoms. The molecule has 0 saturated heterocycles. The lowest BCUT2D eigenvalue weighted by atomic mass is 10.0. The van der Waals surface area contributed by atoms with Crippen LogP contribution in [-0.4, -0.2) is 111 Å². The van der Waals surface area contributed by atoms with Crippen molar-refractivity contribution in [2.24, 2.45) is 5.92 Å². The van der Waals surface area contributed by atoms with Gasteiger partial charge in [-0.1, -0.05) is 44.2 Å². The van der Waals surface area contributed by atoms with Crippen molar-refractivity contribution in [3.8, 4) is 53.9 Å². The van der Waals surface area contributed by atoms with Crippen LogP contribution in [0.5, 0.6) is 0 Å². The molecular formula is C52H46N14O9S6. The summed E-state index contributed by atoms with van der Waals surface area (Å²) in [6.45, 7) is 4.96. The summed E-state index contributed by atoms with van der Waals surface area (Å²) in [4.78, 5) is 124. The molecule has 8 aromatic heterocycles. The first-order valence-electron chi connectivity index (χ1n) is 24.5. The maximum atomic E-state index is 14.3. The summed E-state index contributed by atoms with van der Waals surface area (Å²) in [5.41, 5.74) is 3.03. The molecule has 1 aliphatic rings. The van der Waals surface area contributed by atoms with Crippen LogP contribution >= 0.6 is 68.0 Å². The molecule has 0 radical (unpaired) electrons. The van der Waals surface area contributed by atoms with Crippen molar-refractivity contribution in [2.45, 2.75) is 58.0 Å². The topological polar surface area (TPSA) is 328 Å². The molecule has 10 bridgehead atoms. The molecule has 81 heavy (non-hydrogen) atoms. The van der Waals surface area contributed by atoms with Crippen LogP contribution in [0.2, 0.25) is 0 Å². The van der Waals surface area contributed by atoms with E-state index in [1.807, 2.05) is 13.8 Å². The van der Waals surface area contributed by atoms with Crippen LogP contribution in [0.15, 0.2) is 77.2 Å². The number of pyridine rings is 1. The third-order valence-corrected chi connectivity index (χ3v) is 18.3. The molecule has 0 unspecified atom stereocenters. The number of rotatable bonds is 10. The monoisotopic (exact) mass is 1200 g/mol. The second kappa shape index (κ2) is 24.4. The van der Waals surface area contributed by atoms with Gasteiger partial charge in [0.2, 0.25) is 11.8 Å². The van der Waals surface area contributed by atoms with Crippen LogP contribution in [-0.2, 0) is 20.9 Å². The molecule has 0 saturated carbocycles. The molecule has 5 amide bonds. The number of amides is 5. The molecule has 0 fully saturated rings. The number of benzene rings is 1. The Labute approximate surface area is 484 Å². The van der Waals surface area contributed by atoms with Gasteiger partial charge in [0.1, 0.15) is 76.4 Å². The van der Waals surface area contributed by atoms with Crippen LogP contribution in [0.4, 0.5) is 0 Å². The largest absolute Gasteiger partial charge is 0.476 e. The van der Waals surface area contributed by atoms with Gasteiger partial charge in [-0.15, -0.1) is 68.0 Å². The lowest BCUT2D eigenvalue weighted by Gasteiger charge is -2.23. The molecule has 10 rings (SSSR count). The lowest BCUT2D eigenvalue weighted by Crippen LogP contribution is -2.40. The number of nitrogens with one attached hydrogen (secondary N) is 5. The lowest BCUT2D eigenvalue weighted by molar-refractivity contribution is -0.122. The van der Waals surface area contributed by atoms with Gasteiger partial charge in [0.25, 0.3) is 17.7 Å². The summed E-state index contributed by atoms with van der Waals surface area (Å²) >= 11 is 7.22. The molecule has 9 aromatic rings.